The van der Waals surface area contributed by atoms with E-state index in [1.165, 1.54) is 0 Å². The largest absolute Gasteiger partial charge is 0.479 e. The van der Waals surface area contributed by atoms with Gasteiger partial charge < -0.3 is 15.0 Å². The summed E-state index contributed by atoms with van der Waals surface area (Å²) in [5.41, 5.74) is 1.53. The molecule has 1 aliphatic heterocycles. The van der Waals surface area contributed by atoms with E-state index in [2.05, 4.69) is 22.1 Å². The molecule has 1 saturated heterocycles. The van der Waals surface area contributed by atoms with Crippen molar-refractivity contribution in [2.45, 2.75) is 6.42 Å². The minimum absolute atomic E-state index is 0.0781. The van der Waals surface area contributed by atoms with E-state index < -0.39 is 5.92 Å². The number of hydrogen-bond donors (Lipinski definition) is 1. The molecular formula is C24H20ClN3O3. The SMILES string of the molecule is O=C(NCC#CCOc1cccc2cccnc12)C1CC(=O)N(c2ccc(Cl)cc2)C1. The van der Waals surface area contributed by atoms with E-state index in [1.807, 2.05) is 30.3 Å². The van der Waals surface area contributed by atoms with Crippen LogP contribution in [0.2, 0.25) is 5.02 Å². The number of halogens is 1. The smallest absolute Gasteiger partial charge is 0.227 e. The van der Waals surface area contributed by atoms with E-state index in [0.717, 1.165) is 16.6 Å². The molecule has 0 aliphatic carbocycles. The Balaban J connectivity index is 1.25. The van der Waals surface area contributed by atoms with Crippen LogP contribution in [0.25, 0.3) is 10.9 Å². The van der Waals surface area contributed by atoms with Crippen molar-refractivity contribution in [2.24, 2.45) is 5.92 Å². The fourth-order valence-electron chi connectivity index (χ4n) is 3.45. The van der Waals surface area contributed by atoms with Crippen LogP contribution in [0.5, 0.6) is 5.75 Å². The Labute approximate surface area is 185 Å². The Morgan fingerprint density at radius 3 is 2.81 bits per heavy atom. The Kier molecular flexibility index (Phi) is 6.34. The maximum absolute atomic E-state index is 12.4. The third kappa shape index (κ3) is 4.96. The summed E-state index contributed by atoms with van der Waals surface area (Å²) < 4.78 is 5.70. The van der Waals surface area contributed by atoms with Gasteiger partial charge in [-0.15, -0.1) is 0 Å². The molecule has 0 spiro atoms. The Morgan fingerprint density at radius 2 is 1.97 bits per heavy atom. The first-order valence-corrected chi connectivity index (χ1v) is 10.3. The normalized spacial score (nSPS) is 15.5. The molecular weight excluding hydrogens is 414 g/mol. The number of hydrogen-bond acceptors (Lipinski definition) is 4. The second-order valence-electron chi connectivity index (χ2n) is 7.07. The standard InChI is InChI=1S/C24H20ClN3O3/c25-19-8-10-20(11-9-19)28-16-18(15-22(28)29)24(30)27-12-1-2-14-31-21-7-3-5-17-6-4-13-26-23(17)21/h3-11,13,18H,12,14-16H2,(H,27,30). The van der Waals surface area contributed by atoms with Gasteiger partial charge in [0.1, 0.15) is 17.9 Å². The summed E-state index contributed by atoms with van der Waals surface area (Å²) >= 11 is 5.90. The molecule has 2 heterocycles. The molecule has 0 radical (unpaired) electrons. The number of fused-ring (bicyclic) bond motifs is 1. The number of rotatable bonds is 5. The van der Waals surface area contributed by atoms with Gasteiger partial charge in [0.05, 0.1) is 12.5 Å². The van der Waals surface area contributed by atoms with Crippen molar-refractivity contribution in [3.63, 3.8) is 0 Å². The predicted octanol–water partition coefficient (Wildman–Crippen LogP) is 3.44. The Bertz CT molecular complexity index is 1160. The number of amides is 2. The lowest BCUT2D eigenvalue weighted by molar-refractivity contribution is -0.126. The number of ether oxygens (including phenoxy) is 1. The highest BCUT2D eigenvalue weighted by Gasteiger charge is 2.34. The average molecular weight is 434 g/mol. The third-order valence-electron chi connectivity index (χ3n) is 5.01. The van der Waals surface area contributed by atoms with E-state index in [9.17, 15) is 9.59 Å². The van der Waals surface area contributed by atoms with Gasteiger partial charge in [-0.05, 0) is 36.4 Å². The van der Waals surface area contributed by atoms with Crippen molar-refractivity contribution in [1.29, 1.82) is 0 Å². The molecule has 156 valence electrons. The maximum Gasteiger partial charge on any atom is 0.227 e. The highest BCUT2D eigenvalue weighted by atomic mass is 35.5. The van der Waals surface area contributed by atoms with Crippen LogP contribution in [0, 0.1) is 17.8 Å². The number of aromatic nitrogens is 1. The lowest BCUT2D eigenvalue weighted by Crippen LogP contribution is -2.33. The molecule has 6 nitrogen and oxygen atoms in total. The highest BCUT2D eigenvalue weighted by molar-refractivity contribution is 6.30. The van der Waals surface area contributed by atoms with Gasteiger partial charge in [0.15, 0.2) is 0 Å². The van der Waals surface area contributed by atoms with E-state index in [4.69, 9.17) is 16.3 Å². The van der Waals surface area contributed by atoms with Gasteiger partial charge in [-0.3, -0.25) is 14.6 Å². The van der Waals surface area contributed by atoms with Crippen molar-refractivity contribution in [2.75, 3.05) is 24.6 Å². The summed E-state index contributed by atoms with van der Waals surface area (Å²) in [6.45, 7) is 0.732. The molecule has 1 unspecified atom stereocenters. The highest BCUT2D eigenvalue weighted by Crippen LogP contribution is 2.26. The van der Waals surface area contributed by atoms with Crippen molar-refractivity contribution in [3.8, 4) is 17.6 Å². The lowest BCUT2D eigenvalue weighted by atomic mass is 10.1. The van der Waals surface area contributed by atoms with E-state index >= 15 is 0 Å². The van der Waals surface area contributed by atoms with Crippen molar-refractivity contribution in [1.82, 2.24) is 10.3 Å². The number of nitrogens with one attached hydrogen (secondary N) is 1. The monoisotopic (exact) mass is 433 g/mol. The van der Waals surface area contributed by atoms with Crippen LogP contribution < -0.4 is 15.0 Å². The van der Waals surface area contributed by atoms with E-state index in [0.29, 0.717) is 17.3 Å². The maximum atomic E-state index is 12.4. The molecule has 1 fully saturated rings. The van der Waals surface area contributed by atoms with Gasteiger partial charge in [-0.1, -0.05) is 41.6 Å². The van der Waals surface area contributed by atoms with Crippen molar-refractivity contribution in [3.05, 3.63) is 65.8 Å². The molecule has 1 aliphatic rings. The van der Waals surface area contributed by atoms with Crippen LogP contribution in [0.15, 0.2) is 60.8 Å². The van der Waals surface area contributed by atoms with Gasteiger partial charge in [0.25, 0.3) is 0 Å². The molecule has 3 aromatic rings. The molecule has 1 N–H and O–H groups in total. The lowest BCUT2D eigenvalue weighted by Gasteiger charge is -2.16. The second kappa shape index (κ2) is 9.50. The molecule has 1 atom stereocenters. The molecule has 2 amide bonds. The van der Waals surface area contributed by atoms with Crippen LogP contribution in [0.1, 0.15) is 6.42 Å². The molecule has 2 aromatic carbocycles. The topological polar surface area (TPSA) is 71.5 Å². The number of carbonyl (C=O) groups excluding carboxylic acids is 2. The summed E-state index contributed by atoms with van der Waals surface area (Å²) in [5, 5.41) is 4.37. The number of anilines is 1. The molecule has 7 heteroatoms. The number of pyridine rings is 1. The van der Waals surface area contributed by atoms with Crippen molar-refractivity contribution < 1.29 is 14.3 Å². The molecule has 4 rings (SSSR count). The third-order valence-corrected chi connectivity index (χ3v) is 5.26. The molecule has 0 bridgehead atoms. The summed E-state index contributed by atoms with van der Waals surface area (Å²) in [4.78, 5) is 30.6. The molecule has 31 heavy (non-hydrogen) atoms. The fraction of sp³-hybridized carbons (Fsp3) is 0.208. The zero-order chi connectivity index (χ0) is 21.6. The van der Waals surface area contributed by atoms with Gasteiger partial charge in [-0.25, -0.2) is 0 Å². The zero-order valence-corrected chi connectivity index (χ0v) is 17.4. The van der Waals surface area contributed by atoms with Crippen LogP contribution in [-0.4, -0.2) is 36.5 Å². The minimum atomic E-state index is -0.400. The predicted molar refractivity (Wildman–Crippen MR) is 120 cm³/mol. The fourth-order valence-corrected chi connectivity index (χ4v) is 3.58. The van der Waals surface area contributed by atoms with Gasteiger partial charge in [-0.2, -0.15) is 0 Å². The van der Waals surface area contributed by atoms with E-state index in [-0.39, 0.29) is 31.4 Å². The Hall–Kier alpha value is -3.56. The van der Waals surface area contributed by atoms with Gasteiger partial charge in [0, 0.05) is 35.3 Å². The van der Waals surface area contributed by atoms with Crippen LogP contribution >= 0.6 is 11.6 Å². The van der Waals surface area contributed by atoms with Gasteiger partial charge in [0.2, 0.25) is 11.8 Å². The number of carbonyl (C=O) groups is 2. The summed E-state index contributed by atoms with van der Waals surface area (Å²) in [5.74, 6) is 5.78. The van der Waals surface area contributed by atoms with Gasteiger partial charge >= 0.3 is 0 Å². The number of nitrogens with zero attached hydrogens (tertiary/aromatic N) is 2. The summed E-state index contributed by atoms with van der Waals surface area (Å²) in [7, 11) is 0. The average Bonchev–Trinajstić information content (AvgIpc) is 3.18. The number of benzene rings is 2. The van der Waals surface area contributed by atoms with Crippen LogP contribution in [0.3, 0.4) is 0 Å². The number of para-hydroxylation sites is 1. The summed E-state index contributed by atoms with van der Waals surface area (Å²) in [6.07, 6.45) is 1.90. The Morgan fingerprint density at radius 1 is 1.16 bits per heavy atom. The van der Waals surface area contributed by atoms with Crippen molar-refractivity contribution >= 4 is 40.0 Å². The molecule has 0 saturated carbocycles. The van der Waals surface area contributed by atoms with Crippen LogP contribution in [-0.2, 0) is 9.59 Å². The van der Waals surface area contributed by atoms with Crippen LogP contribution in [0.4, 0.5) is 5.69 Å². The molecule has 1 aromatic heterocycles. The minimum Gasteiger partial charge on any atom is -0.479 e. The van der Waals surface area contributed by atoms with E-state index in [1.54, 1.807) is 35.4 Å². The first kappa shape index (κ1) is 20.7. The first-order chi connectivity index (χ1) is 15.1. The summed E-state index contributed by atoms with van der Waals surface area (Å²) in [6, 6.07) is 16.6. The first-order valence-electron chi connectivity index (χ1n) is 9.88. The quantitative estimate of drug-likeness (QED) is 0.626. The zero-order valence-electron chi connectivity index (χ0n) is 16.7. The second-order valence-corrected chi connectivity index (χ2v) is 7.51.